The second-order valence-corrected chi connectivity index (χ2v) is 6.44. The van der Waals surface area contributed by atoms with Gasteiger partial charge in [-0.3, -0.25) is 0 Å². The zero-order valence-electron chi connectivity index (χ0n) is 13.2. The summed E-state index contributed by atoms with van der Waals surface area (Å²) in [6.45, 7) is 4.95. The first kappa shape index (κ1) is 13.8. The van der Waals surface area contributed by atoms with Crippen LogP contribution in [0.4, 0.5) is 0 Å². The summed E-state index contributed by atoms with van der Waals surface area (Å²) in [7, 11) is 0. The van der Waals surface area contributed by atoms with E-state index in [0.29, 0.717) is 0 Å². The lowest BCUT2D eigenvalue weighted by Gasteiger charge is -2.26. The van der Waals surface area contributed by atoms with Crippen LogP contribution in [-0.4, -0.2) is 29.1 Å². The van der Waals surface area contributed by atoms with Crippen molar-refractivity contribution in [3.63, 3.8) is 0 Å². The smallest absolute Gasteiger partial charge is 0.0491 e. The van der Waals surface area contributed by atoms with E-state index in [2.05, 4.69) is 58.0 Å². The van der Waals surface area contributed by atoms with Gasteiger partial charge >= 0.3 is 0 Å². The molecule has 0 spiro atoms. The van der Waals surface area contributed by atoms with Crippen molar-refractivity contribution in [1.82, 2.24) is 9.47 Å². The third kappa shape index (κ3) is 2.52. The van der Waals surface area contributed by atoms with Crippen LogP contribution in [0.5, 0.6) is 0 Å². The molecule has 114 valence electrons. The molecule has 22 heavy (non-hydrogen) atoms. The Morgan fingerprint density at radius 2 is 1.27 bits per heavy atom. The maximum Gasteiger partial charge on any atom is 0.0491 e. The van der Waals surface area contributed by atoms with E-state index in [0.717, 1.165) is 6.54 Å². The number of likely N-dealkylation sites (tertiary alicyclic amines) is 1. The Labute approximate surface area is 132 Å². The van der Waals surface area contributed by atoms with Crippen LogP contribution in [0.25, 0.3) is 21.8 Å². The minimum atomic E-state index is 1.12. The fourth-order valence-corrected chi connectivity index (χ4v) is 3.88. The molecule has 0 aliphatic carbocycles. The number of nitrogens with zero attached hydrogens (tertiary/aromatic N) is 2. The van der Waals surface area contributed by atoms with Crippen molar-refractivity contribution < 1.29 is 0 Å². The third-order valence-electron chi connectivity index (χ3n) is 4.98. The summed E-state index contributed by atoms with van der Waals surface area (Å²) in [5.41, 5.74) is 2.75. The zero-order valence-corrected chi connectivity index (χ0v) is 13.2. The molecular weight excluding hydrogens is 268 g/mol. The number of hydrogen-bond donors (Lipinski definition) is 0. The Bertz CT molecular complexity index is 712. The summed E-state index contributed by atoms with van der Waals surface area (Å²) in [5, 5.41) is 2.77. The number of aromatic nitrogens is 1. The fraction of sp³-hybridized carbons (Fsp3) is 0.400. The molecule has 0 unspecified atom stereocenters. The largest absolute Gasteiger partial charge is 0.340 e. The molecule has 1 fully saturated rings. The van der Waals surface area contributed by atoms with Crippen LogP contribution in [-0.2, 0) is 6.54 Å². The Hall–Kier alpha value is -1.80. The monoisotopic (exact) mass is 292 g/mol. The minimum Gasteiger partial charge on any atom is -0.340 e. The molecule has 0 radical (unpaired) electrons. The van der Waals surface area contributed by atoms with Gasteiger partial charge in [0.2, 0.25) is 0 Å². The van der Waals surface area contributed by atoms with Crippen molar-refractivity contribution in [3.8, 4) is 0 Å². The minimum absolute atomic E-state index is 1.12. The average molecular weight is 292 g/mol. The normalized spacial score (nSPS) is 16.5. The topological polar surface area (TPSA) is 8.17 Å². The third-order valence-corrected chi connectivity index (χ3v) is 4.98. The predicted molar refractivity (Wildman–Crippen MR) is 94.4 cm³/mol. The van der Waals surface area contributed by atoms with Gasteiger partial charge in [0.1, 0.15) is 0 Å². The van der Waals surface area contributed by atoms with Crippen LogP contribution >= 0.6 is 0 Å². The SMILES string of the molecule is c1ccc2c(c1)c1ccccc1n2CCCN1CCCCC1. The summed E-state index contributed by atoms with van der Waals surface area (Å²) >= 11 is 0. The Morgan fingerprint density at radius 3 is 1.91 bits per heavy atom. The molecule has 2 heterocycles. The van der Waals surface area contributed by atoms with Gasteiger partial charge in [-0.05, 0) is 51.0 Å². The number of hydrogen-bond acceptors (Lipinski definition) is 1. The van der Waals surface area contributed by atoms with E-state index in [4.69, 9.17) is 0 Å². The zero-order chi connectivity index (χ0) is 14.8. The molecular formula is C20H24N2. The van der Waals surface area contributed by atoms with Gasteiger partial charge in [-0.1, -0.05) is 42.8 Å². The molecule has 2 heteroatoms. The quantitative estimate of drug-likeness (QED) is 0.678. The van der Waals surface area contributed by atoms with Crippen LogP contribution in [0.2, 0.25) is 0 Å². The number of fused-ring (bicyclic) bond motifs is 3. The lowest BCUT2D eigenvalue weighted by atomic mass is 10.1. The first-order valence-electron chi connectivity index (χ1n) is 8.62. The molecule has 0 N–H and O–H groups in total. The number of rotatable bonds is 4. The number of benzene rings is 2. The molecule has 4 rings (SSSR count). The van der Waals surface area contributed by atoms with E-state index >= 15 is 0 Å². The second kappa shape index (κ2) is 6.13. The highest BCUT2D eigenvalue weighted by Crippen LogP contribution is 2.28. The van der Waals surface area contributed by atoms with E-state index in [1.807, 2.05) is 0 Å². The maximum absolute atomic E-state index is 2.64. The summed E-state index contributed by atoms with van der Waals surface area (Å²) in [6.07, 6.45) is 5.43. The van der Waals surface area contributed by atoms with E-state index < -0.39 is 0 Å². The highest BCUT2D eigenvalue weighted by atomic mass is 15.1. The van der Waals surface area contributed by atoms with Crippen LogP contribution in [0, 0.1) is 0 Å². The molecule has 3 aromatic rings. The fourth-order valence-electron chi connectivity index (χ4n) is 3.88. The van der Waals surface area contributed by atoms with Gasteiger partial charge < -0.3 is 9.47 Å². The number of piperidine rings is 1. The van der Waals surface area contributed by atoms with Crippen molar-refractivity contribution in [1.29, 1.82) is 0 Å². The van der Waals surface area contributed by atoms with Gasteiger partial charge in [0, 0.05) is 28.4 Å². The highest BCUT2D eigenvalue weighted by molar-refractivity contribution is 6.07. The van der Waals surface area contributed by atoms with Crippen molar-refractivity contribution in [2.45, 2.75) is 32.2 Å². The van der Waals surface area contributed by atoms with Crippen molar-refractivity contribution in [3.05, 3.63) is 48.5 Å². The Balaban J connectivity index is 1.59. The van der Waals surface area contributed by atoms with Crippen LogP contribution in [0.15, 0.2) is 48.5 Å². The van der Waals surface area contributed by atoms with E-state index in [1.54, 1.807) is 0 Å². The average Bonchev–Trinajstić information content (AvgIpc) is 2.91. The molecule has 2 aromatic carbocycles. The maximum atomic E-state index is 2.64. The number of para-hydroxylation sites is 2. The summed E-state index contributed by atoms with van der Waals surface area (Å²) in [6, 6.07) is 17.6. The summed E-state index contributed by atoms with van der Waals surface area (Å²) in [4.78, 5) is 2.64. The van der Waals surface area contributed by atoms with Gasteiger partial charge in [0.05, 0.1) is 0 Å². The van der Waals surface area contributed by atoms with Crippen molar-refractivity contribution >= 4 is 21.8 Å². The van der Waals surface area contributed by atoms with E-state index in [1.165, 1.54) is 67.1 Å². The second-order valence-electron chi connectivity index (χ2n) is 6.44. The van der Waals surface area contributed by atoms with Crippen LogP contribution in [0.3, 0.4) is 0 Å². The molecule has 1 aromatic heterocycles. The number of aryl methyl sites for hydroxylation is 1. The Kier molecular flexibility index (Phi) is 3.86. The molecule has 2 nitrogen and oxygen atoms in total. The molecule has 0 amide bonds. The summed E-state index contributed by atoms with van der Waals surface area (Å²) < 4.78 is 2.51. The van der Waals surface area contributed by atoms with Gasteiger partial charge in [-0.15, -0.1) is 0 Å². The van der Waals surface area contributed by atoms with Crippen molar-refractivity contribution in [2.75, 3.05) is 19.6 Å². The van der Waals surface area contributed by atoms with Crippen LogP contribution < -0.4 is 0 Å². The van der Waals surface area contributed by atoms with Gasteiger partial charge in [-0.25, -0.2) is 0 Å². The predicted octanol–water partition coefficient (Wildman–Crippen LogP) is 4.67. The molecule has 0 saturated carbocycles. The van der Waals surface area contributed by atoms with Gasteiger partial charge in [0.25, 0.3) is 0 Å². The molecule has 0 bridgehead atoms. The first-order valence-corrected chi connectivity index (χ1v) is 8.62. The van der Waals surface area contributed by atoms with Gasteiger partial charge in [-0.2, -0.15) is 0 Å². The van der Waals surface area contributed by atoms with E-state index in [-0.39, 0.29) is 0 Å². The van der Waals surface area contributed by atoms with Gasteiger partial charge in [0.15, 0.2) is 0 Å². The Morgan fingerprint density at radius 1 is 0.682 bits per heavy atom. The van der Waals surface area contributed by atoms with Crippen molar-refractivity contribution in [2.24, 2.45) is 0 Å². The van der Waals surface area contributed by atoms with Crippen LogP contribution in [0.1, 0.15) is 25.7 Å². The molecule has 1 saturated heterocycles. The standard InChI is InChI=1S/C20H24N2/c1-6-13-21(14-7-1)15-8-16-22-19-11-4-2-9-17(19)18-10-3-5-12-20(18)22/h2-5,9-12H,1,6-8,13-16H2. The summed E-state index contributed by atoms with van der Waals surface area (Å²) in [5.74, 6) is 0. The molecule has 0 atom stereocenters. The lowest BCUT2D eigenvalue weighted by molar-refractivity contribution is 0.223. The first-order chi connectivity index (χ1) is 10.9. The molecule has 1 aliphatic heterocycles. The van der Waals surface area contributed by atoms with E-state index in [9.17, 15) is 0 Å². The molecule has 1 aliphatic rings. The lowest BCUT2D eigenvalue weighted by Crippen LogP contribution is -2.31. The highest BCUT2D eigenvalue weighted by Gasteiger charge is 2.11.